The minimum absolute atomic E-state index is 0.0206. The first kappa shape index (κ1) is 15.9. The van der Waals surface area contributed by atoms with Gasteiger partial charge in [-0.1, -0.05) is 0 Å². The molecule has 0 aliphatic carbocycles. The molecule has 0 radical (unpaired) electrons. The summed E-state index contributed by atoms with van der Waals surface area (Å²) in [5, 5.41) is 2.60. The van der Waals surface area contributed by atoms with Gasteiger partial charge in [0.05, 0.1) is 12.7 Å². The predicted octanol–water partition coefficient (Wildman–Crippen LogP) is 2.28. The Hall–Kier alpha value is -1.53. The predicted molar refractivity (Wildman–Crippen MR) is 73.1 cm³/mol. The molecule has 21 heavy (non-hydrogen) atoms. The van der Waals surface area contributed by atoms with Crippen LogP contribution in [0.25, 0.3) is 0 Å². The van der Waals surface area contributed by atoms with Crippen LogP contribution in [0.4, 0.5) is 8.78 Å². The van der Waals surface area contributed by atoms with Gasteiger partial charge in [0, 0.05) is 31.4 Å². The molecule has 1 N–H and O–H groups in total. The van der Waals surface area contributed by atoms with E-state index in [0.717, 1.165) is 37.6 Å². The second-order valence-electron chi connectivity index (χ2n) is 4.98. The molecule has 0 aromatic heterocycles. The molecule has 1 atom stereocenters. The lowest BCUT2D eigenvalue weighted by Crippen LogP contribution is -2.26. The summed E-state index contributed by atoms with van der Waals surface area (Å²) in [5.74, 6) is -2.02. The highest BCUT2D eigenvalue weighted by Gasteiger charge is 2.15. The fraction of sp³-hybridized carbons (Fsp3) is 0.533. The molecule has 0 bridgehead atoms. The summed E-state index contributed by atoms with van der Waals surface area (Å²) in [6.45, 7) is 2.28. The quantitative estimate of drug-likeness (QED) is 0.786. The van der Waals surface area contributed by atoms with Gasteiger partial charge < -0.3 is 14.8 Å². The van der Waals surface area contributed by atoms with Crippen LogP contribution in [-0.2, 0) is 9.47 Å². The van der Waals surface area contributed by atoms with Crippen LogP contribution >= 0.6 is 0 Å². The molecule has 1 amide bonds. The summed E-state index contributed by atoms with van der Waals surface area (Å²) in [4.78, 5) is 11.7. The van der Waals surface area contributed by atoms with Gasteiger partial charge in [-0.2, -0.15) is 0 Å². The molecule has 1 unspecified atom stereocenters. The van der Waals surface area contributed by atoms with Gasteiger partial charge in [-0.05, 0) is 31.4 Å². The van der Waals surface area contributed by atoms with E-state index in [2.05, 4.69) is 5.32 Å². The summed E-state index contributed by atoms with van der Waals surface area (Å²) in [6.07, 6.45) is 2.93. The molecular formula is C15H19F2NO3. The monoisotopic (exact) mass is 299 g/mol. The Bertz CT molecular complexity index is 456. The Kier molecular flexibility index (Phi) is 6.07. The van der Waals surface area contributed by atoms with Crippen molar-refractivity contribution >= 4 is 5.91 Å². The van der Waals surface area contributed by atoms with Gasteiger partial charge in [-0.25, -0.2) is 8.78 Å². The molecular weight excluding hydrogens is 280 g/mol. The molecule has 4 nitrogen and oxygen atoms in total. The van der Waals surface area contributed by atoms with Crippen LogP contribution < -0.4 is 5.32 Å². The van der Waals surface area contributed by atoms with Crippen LogP contribution in [0.15, 0.2) is 18.2 Å². The average molecular weight is 299 g/mol. The zero-order valence-corrected chi connectivity index (χ0v) is 11.7. The van der Waals surface area contributed by atoms with Crippen molar-refractivity contribution in [3.63, 3.8) is 0 Å². The number of rotatable bonds is 7. The molecule has 1 fully saturated rings. The van der Waals surface area contributed by atoms with Gasteiger partial charge in [-0.15, -0.1) is 0 Å². The summed E-state index contributed by atoms with van der Waals surface area (Å²) >= 11 is 0. The second kappa shape index (κ2) is 8.05. The maximum absolute atomic E-state index is 13.0. The Balaban J connectivity index is 1.60. The number of ether oxygens (including phenoxy) is 2. The lowest BCUT2D eigenvalue weighted by atomic mass is 10.2. The van der Waals surface area contributed by atoms with E-state index in [1.807, 2.05) is 0 Å². The lowest BCUT2D eigenvalue weighted by molar-refractivity contribution is 0.0166. The van der Waals surface area contributed by atoms with Crippen LogP contribution in [0, 0.1) is 11.6 Å². The molecule has 6 heteroatoms. The van der Waals surface area contributed by atoms with Gasteiger partial charge in [0.1, 0.15) is 11.6 Å². The van der Waals surface area contributed by atoms with E-state index in [1.165, 1.54) is 0 Å². The van der Waals surface area contributed by atoms with Crippen LogP contribution in [0.3, 0.4) is 0 Å². The Labute approximate surface area is 122 Å². The Morgan fingerprint density at radius 1 is 1.33 bits per heavy atom. The topological polar surface area (TPSA) is 47.6 Å². The zero-order valence-electron chi connectivity index (χ0n) is 11.7. The van der Waals surface area contributed by atoms with Gasteiger partial charge in [0.2, 0.25) is 0 Å². The third-order valence-corrected chi connectivity index (χ3v) is 3.20. The van der Waals surface area contributed by atoms with Crippen molar-refractivity contribution in [2.24, 2.45) is 0 Å². The average Bonchev–Trinajstić information content (AvgIpc) is 2.94. The number of carbonyl (C=O) groups excluding carboxylic acids is 1. The molecule has 0 saturated carbocycles. The highest BCUT2D eigenvalue weighted by Crippen LogP contribution is 2.12. The van der Waals surface area contributed by atoms with Crippen molar-refractivity contribution in [2.75, 3.05) is 26.4 Å². The number of nitrogens with one attached hydrogen (secondary N) is 1. The number of amides is 1. The number of hydrogen-bond donors (Lipinski definition) is 1. The van der Waals surface area contributed by atoms with E-state index >= 15 is 0 Å². The van der Waals surface area contributed by atoms with E-state index in [4.69, 9.17) is 9.47 Å². The lowest BCUT2D eigenvalue weighted by Gasteiger charge is -2.10. The van der Waals surface area contributed by atoms with Gasteiger partial charge in [-0.3, -0.25) is 4.79 Å². The molecule has 0 spiro atoms. The Morgan fingerprint density at radius 3 is 2.76 bits per heavy atom. The smallest absolute Gasteiger partial charge is 0.251 e. The fourth-order valence-electron chi connectivity index (χ4n) is 2.15. The minimum atomic E-state index is -0.764. The zero-order chi connectivity index (χ0) is 15.1. The first-order chi connectivity index (χ1) is 10.1. The maximum Gasteiger partial charge on any atom is 0.251 e. The normalized spacial score (nSPS) is 17.9. The van der Waals surface area contributed by atoms with E-state index in [-0.39, 0.29) is 11.7 Å². The number of benzene rings is 1. The van der Waals surface area contributed by atoms with E-state index in [9.17, 15) is 13.6 Å². The van der Waals surface area contributed by atoms with Crippen molar-refractivity contribution < 1.29 is 23.0 Å². The van der Waals surface area contributed by atoms with Crippen molar-refractivity contribution in [3.05, 3.63) is 35.4 Å². The summed E-state index contributed by atoms with van der Waals surface area (Å²) in [5.41, 5.74) is -0.0206. The van der Waals surface area contributed by atoms with Crippen molar-refractivity contribution in [1.82, 2.24) is 5.32 Å². The number of hydrogen-bond acceptors (Lipinski definition) is 3. The van der Waals surface area contributed by atoms with E-state index < -0.39 is 17.5 Å². The van der Waals surface area contributed by atoms with Gasteiger partial charge in [0.25, 0.3) is 5.91 Å². The van der Waals surface area contributed by atoms with Crippen LogP contribution in [-0.4, -0.2) is 38.4 Å². The molecule has 116 valence electrons. The number of halogens is 2. The highest BCUT2D eigenvalue weighted by atomic mass is 19.1. The fourth-order valence-corrected chi connectivity index (χ4v) is 2.15. The molecule has 1 heterocycles. The van der Waals surface area contributed by atoms with E-state index in [1.54, 1.807) is 0 Å². The standard InChI is InChI=1S/C15H19F2NO3/c16-12-7-11(8-13(17)9-12)15(19)18-4-2-5-20-10-14-3-1-6-21-14/h7-9,14H,1-6,10H2,(H,18,19). The minimum Gasteiger partial charge on any atom is -0.379 e. The second-order valence-corrected chi connectivity index (χ2v) is 4.98. The van der Waals surface area contributed by atoms with Crippen molar-refractivity contribution in [3.8, 4) is 0 Å². The van der Waals surface area contributed by atoms with Gasteiger partial charge in [0.15, 0.2) is 0 Å². The van der Waals surface area contributed by atoms with Gasteiger partial charge >= 0.3 is 0 Å². The molecule has 1 saturated heterocycles. The first-order valence-corrected chi connectivity index (χ1v) is 7.09. The third kappa shape index (κ3) is 5.40. The summed E-state index contributed by atoms with van der Waals surface area (Å²) in [7, 11) is 0. The summed E-state index contributed by atoms with van der Waals surface area (Å²) < 4.78 is 36.8. The SMILES string of the molecule is O=C(NCCCOCC1CCCO1)c1cc(F)cc(F)c1. The maximum atomic E-state index is 13.0. The molecule has 1 aromatic rings. The summed E-state index contributed by atoms with van der Waals surface area (Å²) in [6, 6.07) is 2.74. The highest BCUT2D eigenvalue weighted by molar-refractivity contribution is 5.94. The van der Waals surface area contributed by atoms with E-state index in [0.29, 0.717) is 26.2 Å². The van der Waals surface area contributed by atoms with Crippen molar-refractivity contribution in [1.29, 1.82) is 0 Å². The van der Waals surface area contributed by atoms with Crippen LogP contribution in [0.2, 0.25) is 0 Å². The first-order valence-electron chi connectivity index (χ1n) is 7.09. The third-order valence-electron chi connectivity index (χ3n) is 3.20. The van der Waals surface area contributed by atoms with Crippen molar-refractivity contribution in [2.45, 2.75) is 25.4 Å². The molecule has 1 aliphatic heterocycles. The molecule has 2 rings (SSSR count). The molecule has 1 aromatic carbocycles. The van der Waals surface area contributed by atoms with Crippen LogP contribution in [0.1, 0.15) is 29.6 Å². The largest absolute Gasteiger partial charge is 0.379 e. The van der Waals surface area contributed by atoms with Crippen LogP contribution in [0.5, 0.6) is 0 Å². The molecule has 1 aliphatic rings. The number of carbonyl (C=O) groups is 1. The Morgan fingerprint density at radius 2 is 2.10 bits per heavy atom.